The summed E-state index contributed by atoms with van der Waals surface area (Å²) in [6.07, 6.45) is 10.1. The van der Waals surface area contributed by atoms with Gasteiger partial charge in [-0.2, -0.15) is 0 Å². The molecule has 2 N–H and O–H groups in total. The Morgan fingerprint density at radius 3 is 2.50 bits per heavy atom. The van der Waals surface area contributed by atoms with Crippen LogP contribution in [0.3, 0.4) is 0 Å². The Kier molecular flexibility index (Phi) is 4.03. The van der Waals surface area contributed by atoms with Crippen LogP contribution in [0, 0.1) is 6.92 Å². The van der Waals surface area contributed by atoms with E-state index in [1.54, 1.807) is 0 Å². The van der Waals surface area contributed by atoms with Crippen LogP contribution in [0.1, 0.15) is 49.3 Å². The lowest BCUT2D eigenvalue weighted by Crippen LogP contribution is -2.53. The van der Waals surface area contributed by atoms with Gasteiger partial charge in [0, 0.05) is 24.0 Å². The standard InChI is InChI=1S/C15H25N3/c1-12-7-10-17-11-13(12)14(16)15(18(2)3)8-5-4-6-9-15/h7,10-11,14H,4-6,8-9,16H2,1-3H3. The molecule has 0 radical (unpaired) electrons. The van der Waals surface area contributed by atoms with Crippen molar-refractivity contribution in [2.75, 3.05) is 14.1 Å². The highest BCUT2D eigenvalue weighted by Crippen LogP contribution is 2.41. The third-order valence-corrected chi connectivity index (χ3v) is 4.60. The molecule has 1 aromatic rings. The molecule has 1 aromatic heterocycles. The van der Waals surface area contributed by atoms with Crippen LogP contribution >= 0.6 is 0 Å². The molecule has 0 bridgehead atoms. The topological polar surface area (TPSA) is 42.1 Å². The number of nitrogens with two attached hydrogens (primary N) is 1. The Morgan fingerprint density at radius 2 is 1.94 bits per heavy atom. The number of hydrogen-bond donors (Lipinski definition) is 1. The van der Waals surface area contributed by atoms with Gasteiger partial charge in [-0.3, -0.25) is 4.98 Å². The van der Waals surface area contributed by atoms with Crippen molar-refractivity contribution in [3.8, 4) is 0 Å². The number of likely N-dealkylation sites (N-methyl/N-ethyl adjacent to an activating group) is 1. The zero-order valence-corrected chi connectivity index (χ0v) is 11.8. The highest BCUT2D eigenvalue weighted by Gasteiger charge is 2.41. The van der Waals surface area contributed by atoms with Crippen molar-refractivity contribution in [3.05, 3.63) is 29.6 Å². The van der Waals surface area contributed by atoms with E-state index in [0.717, 1.165) is 0 Å². The Bertz CT molecular complexity index is 394. The molecule has 1 saturated carbocycles. The SMILES string of the molecule is Cc1ccncc1C(N)C1(N(C)C)CCCCC1. The van der Waals surface area contributed by atoms with Crippen LogP contribution in [-0.2, 0) is 0 Å². The second-order valence-corrected chi connectivity index (χ2v) is 5.77. The van der Waals surface area contributed by atoms with E-state index >= 15 is 0 Å². The van der Waals surface area contributed by atoms with E-state index < -0.39 is 0 Å². The molecule has 0 amide bonds. The van der Waals surface area contributed by atoms with E-state index in [1.165, 1.54) is 43.2 Å². The fourth-order valence-electron chi connectivity index (χ4n) is 3.29. The summed E-state index contributed by atoms with van der Waals surface area (Å²) in [7, 11) is 4.33. The molecule has 1 aliphatic carbocycles. The normalized spacial score (nSPS) is 20.9. The first-order valence-electron chi connectivity index (χ1n) is 6.91. The van der Waals surface area contributed by atoms with Crippen molar-refractivity contribution in [2.45, 2.75) is 50.6 Å². The molecular weight excluding hydrogens is 222 g/mol. The van der Waals surface area contributed by atoms with Gasteiger partial charge in [0.2, 0.25) is 0 Å². The molecule has 0 saturated heterocycles. The average Bonchev–Trinajstić information content (AvgIpc) is 2.39. The van der Waals surface area contributed by atoms with Gasteiger partial charge in [-0.15, -0.1) is 0 Å². The molecule has 1 aliphatic rings. The molecule has 3 heteroatoms. The van der Waals surface area contributed by atoms with Crippen molar-refractivity contribution in [1.29, 1.82) is 0 Å². The molecule has 1 fully saturated rings. The summed E-state index contributed by atoms with van der Waals surface area (Å²) in [5.74, 6) is 0. The molecule has 100 valence electrons. The zero-order valence-electron chi connectivity index (χ0n) is 11.8. The highest BCUT2D eigenvalue weighted by molar-refractivity contribution is 5.28. The molecule has 0 aliphatic heterocycles. The van der Waals surface area contributed by atoms with Gasteiger partial charge < -0.3 is 10.6 Å². The Morgan fingerprint density at radius 1 is 1.28 bits per heavy atom. The minimum Gasteiger partial charge on any atom is -0.322 e. The van der Waals surface area contributed by atoms with Crippen LogP contribution < -0.4 is 5.73 Å². The van der Waals surface area contributed by atoms with Crippen LogP contribution in [0.5, 0.6) is 0 Å². The smallest absolute Gasteiger partial charge is 0.0499 e. The second-order valence-electron chi connectivity index (χ2n) is 5.77. The fourth-order valence-corrected chi connectivity index (χ4v) is 3.29. The minimum atomic E-state index is 0.0569. The summed E-state index contributed by atoms with van der Waals surface area (Å²) in [6, 6.07) is 2.11. The molecule has 1 atom stereocenters. The summed E-state index contributed by atoms with van der Waals surface area (Å²) in [5.41, 5.74) is 9.18. The maximum Gasteiger partial charge on any atom is 0.0499 e. The fraction of sp³-hybridized carbons (Fsp3) is 0.667. The summed E-state index contributed by atoms with van der Waals surface area (Å²) in [6.45, 7) is 2.13. The van der Waals surface area contributed by atoms with Gasteiger partial charge in [0.15, 0.2) is 0 Å². The molecule has 0 spiro atoms. The van der Waals surface area contributed by atoms with Gasteiger partial charge in [-0.1, -0.05) is 19.3 Å². The van der Waals surface area contributed by atoms with E-state index in [-0.39, 0.29) is 11.6 Å². The number of aryl methyl sites for hydroxylation is 1. The molecular formula is C15H25N3. The molecule has 18 heavy (non-hydrogen) atoms. The lowest BCUT2D eigenvalue weighted by Gasteiger charge is -2.47. The first kappa shape index (κ1) is 13.5. The van der Waals surface area contributed by atoms with Crippen molar-refractivity contribution in [1.82, 2.24) is 9.88 Å². The summed E-state index contributed by atoms with van der Waals surface area (Å²) >= 11 is 0. The van der Waals surface area contributed by atoms with Gasteiger partial charge in [0.05, 0.1) is 0 Å². The van der Waals surface area contributed by atoms with Crippen LogP contribution in [0.4, 0.5) is 0 Å². The Labute approximate surface area is 110 Å². The predicted octanol–water partition coefficient (Wildman–Crippen LogP) is 2.65. The predicted molar refractivity (Wildman–Crippen MR) is 75.4 cm³/mol. The highest BCUT2D eigenvalue weighted by atomic mass is 15.2. The minimum absolute atomic E-state index is 0.0569. The quantitative estimate of drug-likeness (QED) is 0.893. The van der Waals surface area contributed by atoms with Gasteiger partial charge in [-0.25, -0.2) is 0 Å². The lowest BCUT2D eigenvalue weighted by atomic mass is 9.73. The van der Waals surface area contributed by atoms with Crippen molar-refractivity contribution in [2.24, 2.45) is 5.73 Å². The Balaban J connectivity index is 2.34. The van der Waals surface area contributed by atoms with E-state index in [0.29, 0.717) is 0 Å². The van der Waals surface area contributed by atoms with E-state index in [2.05, 4.69) is 37.0 Å². The average molecular weight is 247 g/mol. The Hall–Kier alpha value is -0.930. The monoisotopic (exact) mass is 247 g/mol. The van der Waals surface area contributed by atoms with E-state index in [4.69, 9.17) is 5.73 Å². The second kappa shape index (κ2) is 5.37. The molecule has 1 unspecified atom stereocenters. The molecule has 3 nitrogen and oxygen atoms in total. The molecule has 2 rings (SSSR count). The molecule has 1 heterocycles. The van der Waals surface area contributed by atoms with Crippen LogP contribution in [-0.4, -0.2) is 29.5 Å². The van der Waals surface area contributed by atoms with Gasteiger partial charge in [-0.05, 0) is 51.1 Å². The number of pyridine rings is 1. The molecule has 0 aromatic carbocycles. The van der Waals surface area contributed by atoms with Crippen molar-refractivity contribution >= 4 is 0 Å². The number of hydrogen-bond acceptors (Lipinski definition) is 3. The van der Waals surface area contributed by atoms with Crippen LogP contribution in [0.15, 0.2) is 18.5 Å². The van der Waals surface area contributed by atoms with Gasteiger partial charge >= 0.3 is 0 Å². The van der Waals surface area contributed by atoms with Crippen molar-refractivity contribution in [3.63, 3.8) is 0 Å². The van der Waals surface area contributed by atoms with Crippen LogP contribution in [0.25, 0.3) is 0 Å². The first-order chi connectivity index (χ1) is 8.58. The lowest BCUT2D eigenvalue weighted by molar-refractivity contribution is 0.0710. The summed E-state index contributed by atoms with van der Waals surface area (Å²) in [5, 5.41) is 0. The summed E-state index contributed by atoms with van der Waals surface area (Å²) < 4.78 is 0. The largest absolute Gasteiger partial charge is 0.322 e. The van der Waals surface area contributed by atoms with E-state index in [1.807, 2.05) is 12.4 Å². The van der Waals surface area contributed by atoms with Gasteiger partial charge in [0.1, 0.15) is 0 Å². The third kappa shape index (κ3) is 2.29. The summed E-state index contributed by atoms with van der Waals surface area (Å²) in [4.78, 5) is 6.59. The maximum absolute atomic E-state index is 6.62. The zero-order chi connectivity index (χ0) is 13.2. The number of aromatic nitrogens is 1. The first-order valence-corrected chi connectivity index (χ1v) is 6.91. The third-order valence-electron chi connectivity index (χ3n) is 4.60. The number of nitrogens with zero attached hydrogens (tertiary/aromatic N) is 2. The number of rotatable bonds is 3. The van der Waals surface area contributed by atoms with Crippen molar-refractivity contribution < 1.29 is 0 Å². The van der Waals surface area contributed by atoms with E-state index in [9.17, 15) is 0 Å². The maximum atomic E-state index is 6.62. The van der Waals surface area contributed by atoms with Crippen LogP contribution in [0.2, 0.25) is 0 Å². The van der Waals surface area contributed by atoms with Gasteiger partial charge in [0.25, 0.3) is 0 Å².